The zero-order chi connectivity index (χ0) is 15.7. The van der Waals surface area contributed by atoms with Gasteiger partial charge in [-0.1, -0.05) is 17.7 Å². The molecule has 21 heavy (non-hydrogen) atoms. The SMILES string of the molecule is COCCCN(CCOC)C(CN)c1ccc(Br)c(Cl)c1. The summed E-state index contributed by atoms with van der Waals surface area (Å²) in [5, 5.41) is 0.703. The number of hydrogen-bond donors (Lipinski definition) is 1. The molecule has 1 rings (SSSR count). The fourth-order valence-electron chi connectivity index (χ4n) is 2.26. The van der Waals surface area contributed by atoms with E-state index in [0.717, 1.165) is 36.2 Å². The minimum absolute atomic E-state index is 0.127. The van der Waals surface area contributed by atoms with Crippen LogP contribution in [0.5, 0.6) is 0 Å². The normalized spacial score (nSPS) is 12.9. The lowest BCUT2D eigenvalue weighted by atomic mass is 10.0. The number of ether oxygens (including phenoxy) is 2. The van der Waals surface area contributed by atoms with Gasteiger partial charge in [-0.3, -0.25) is 4.90 Å². The van der Waals surface area contributed by atoms with Gasteiger partial charge in [0.1, 0.15) is 0 Å². The molecule has 0 spiro atoms. The van der Waals surface area contributed by atoms with Crippen LogP contribution in [0.25, 0.3) is 0 Å². The van der Waals surface area contributed by atoms with E-state index in [2.05, 4.69) is 26.9 Å². The predicted octanol–water partition coefficient (Wildman–Crippen LogP) is 3.09. The summed E-state index contributed by atoms with van der Waals surface area (Å²) < 4.78 is 11.2. The largest absolute Gasteiger partial charge is 0.385 e. The van der Waals surface area contributed by atoms with E-state index in [-0.39, 0.29) is 6.04 Å². The van der Waals surface area contributed by atoms with E-state index >= 15 is 0 Å². The molecule has 0 aliphatic heterocycles. The Hall–Kier alpha value is -0.170. The van der Waals surface area contributed by atoms with Crippen molar-refractivity contribution in [3.8, 4) is 0 Å². The molecule has 0 saturated carbocycles. The first-order chi connectivity index (χ1) is 10.1. The predicted molar refractivity (Wildman–Crippen MR) is 90.9 cm³/mol. The molecule has 6 heteroatoms. The average Bonchev–Trinajstić information content (AvgIpc) is 2.48. The molecule has 2 N–H and O–H groups in total. The number of hydrogen-bond acceptors (Lipinski definition) is 4. The van der Waals surface area contributed by atoms with Crippen LogP contribution in [-0.4, -0.2) is 52.0 Å². The van der Waals surface area contributed by atoms with Gasteiger partial charge < -0.3 is 15.2 Å². The maximum atomic E-state index is 6.20. The van der Waals surface area contributed by atoms with E-state index in [9.17, 15) is 0 Å². The summed E-state index contributed by atoms with van der Waals surface area (Å²) in [4.78, 5) is 2.32. The standard InChI is InChI=1S/C15H24BrClN2O2/c1-20-8-3-6-19(7-9-21-2)15(11-18)12-4-5-13(16)14(17)10-12/h4-5,10,15H,3,6-9,11,18H2,1-2H3. The minimum Gasteiger partial charge on any atom is -0.385 e. The van der Waals surface area contributed by atoms with Gasteiger partial charge in [-0.25, -0.2) is 0 Å². The molecule has 1 aromatic rings. The van der Waals surface area contributed by atoms with Crippen LogP contribution in [0, 0.1) is 0 Å². The number of nitrogens with zero attached hydrogens (tertiary/aromatic N) is 1. The van der Waals surface area contributed by atoms with Gasteiger partial charge in [0.2, 0.25) is 0 Å². The van der Waals surface area contributed by atoms with Gasteiger partial charge in [0.25, 0.3) is 0 Å². The summed E-state index contributed by atoms with van der Waals surface area (Å²) in [6, 6.07) is 6.12. The Bertz CT molecular complexity index is 421. The summed E-state index contributed by atoms with van der Waals surface area (Å²) in [6.07, 6.45) is 0.959. The number of benzene rings is 1. The van der Waals surface area contributed by atoms with Crippen molar-refractivity contribution < 1.29 is 9.47 Å². The molecule has 0 bridgehead atoms. The highest BCUT2D eigenvalue weighted by molar-refractivity contribution is 9.10. The van der Waals surface area contributed by atoms with Crippen molar-refractivity contribution in [1.29, 1.82) is 0 Å². The molecule has 0 fully saturated rings. The average molecular weight is 380 g/mol. The summed E-state index contributed by atoms with van der Waals surface area (Å²) >= 11 is 9.62. The molecule has 0 aromatic heterocycles. The Morgan fingerprint density at radius 1 is 1.24 bits per heavy atom. The van der Waals surface area contributed by atoms with Crippen LogP contribution < -0.4 is 5.73 Å². The molecule has 0 heterocycles. The van der Waals surface area contributed by atoms with E-state index in [4.69, 9.17) is 26.8 Å². The molecule has 4 nitrogen and oxygen atoms in total. The lowest BCUT2D eigenvalue weighted by Gasteiger charge is -2.31. The zero-order valence-corrected chi connectivity index (χ0v) is 15.0. The van der Waals surface area contributed by atoms with Crippen molar-refractivity contribution in [3.63, 3.8) is 0 Å². The van der Waals surface area contributed by atoms with Gasteiger partial charge in [-0.05, 0) is 40.0 Å². The summed E-state index contributed by atoms with van der Waals surface area (Å²) in [5.74, 6) is 0. The summed E-state index contributed by atoms with van der Waals surface area (Å²) in [7, 11) is 3.43. The lowest BCUT2D eigenvalue weighted by Crippen LogP contribution is -2.37. The quantitative estimate of drug-likeness (QED) is 0.635. The second-order valence-corrected chi connectivity index (χ2v) is 6.06. The summed E-state index contributed by atoms with van der Waals surface area (Å²) in [5.41, 5.74) is 7.13. The molecule has 0 aliphatic rings. The molecule has 1 unspecified atom stereocenters. The van der Waals surface area contributed by atoms with Crippen LogP contribution >= 0.6 is 27.5 Å². The van der Waals surface area contributed by atoms with Gasteiger partial charge in [0.05, 0.1) is 11.6 Å². The van der Waals surface area contributed by atoms with Crippen LogP contribution in [0.1, 0.15) is 18.0 Å². The third kappa shape index (κ3) is 6.22. The maximum Gasteiger partial charge on any atom is 0.0589 e. The van der Waals surface area contributed by atoms with Crippen LogP contribution in [0.3, 0.4) is 0 Å². The maximum absolute atomic E-state index is 6.20. The number of halogens is 2. The van der Waals surface area contributed by atoms with Crippen molar-refractivity contribution in [2.24, 2.45) is 5.73 Å². The Labute approximate surface area is 140 Å². The first-order valence-corrected chi connectivity index (χ1v) is 8.18. The lowest BCUT2D eigenvalue weighted by molar-refractivity contribution is 0.108. The van der Waals surface area contributed by atoms with E-state index < -0.39 is 0 Å². The Balaban J connectivity index is 2.84. The molecule has 0 saturated heterocycles. The van der Waals surface area contributed by atoms with Crippen molar-refractivity contribution in [3.05, 3.63) is 33.3 Å². The zero-order valence-electron chi connectivity index (χ0n) is 12.6. The number of methoxy groups -OCH3 is 2. The first kappa shape index (κ1) is 18.9. The Kier molecular flexibility index (Phi) is 9.47. The highest BCUT2D eigenvalue weighted by Crippen LogP contribution is 2.28. The summed E-state index contributed by atoms with van der Waals surface area (Å²) in [6.45, 7) is 3.69. The second kappa shape index (κ2) is 10.5. The Morgan fingerprint density at radius 3 is 2.52 bits per heavy atom. The van der Waals surface area contributed by atoms with E-state index in [0.29, 0.717) is 18.2 Å². The smallest absolute Gasteiger partial charge is 0.0589 e. The van der Waals surface area contributed by atoms with Crippen LogP contribution in [-0.2, 0) is 9.47 Å². The molecule has 1 aromatic carbocycles. The fraction of sp³-hybridized carbons (Fsp3) is 0.600. The highest BCUT2D eigenvalue weighted by atomic mass is 79.9. The van der Waals surface area contributed by atoms with Gasteiger partial charge in [0, 0.05) is 51.0 Å². The molecular weight excluding hydrogens is 356 g/mol. The molecule has 120 valence electrons. The van der Waals surface area contributed by atoms with Crippen molar-refractivity contribution >= 4 is 27.5 Å². The monoisotopic (exact) mass is 378 g/mol. The van der Waals surface area contributed by atoms with Gasteiger partial charge >= 0.3 is 0 Å². The number of nitrogens with two attached hydrogens (primary N) is 1. The highest BCUT2D eigenvalue weighted by Gasteiger charge is 2.19. The van der Waals surface area contributed by atoms with Gasteiger partial charge in [-0.15, -0.1) is 0 Å². The Morgan fingerprint density at radius 2 is 1.95 bits per heavy atom. The van der Waals surface area contributed by atoms with E-state index in [1.807, 2.05) is 12.1 Å². The van der Waals surface area contributed by atoms with Gasteiger partial charge in [-0.2, -0.15) is 0 Å². The van der Waals surface area contributed by atoms with Crippen LogP contribution in [0.15, 0.2) is 22.7 Å². The third-order valence-electron chi connectivity index (χ3n) is 3.37. The van der Waals surface area contributed by atoms with Crippen molar-refractivity contribution in [2.75, 3.05) is 47.1 Å². The third-order valence-corrected chi connectivity index (χ3v) is 4.60. The molecular formula is C15H24BrClN2O2. The molecule has 0 amide bonds. The van der Waals surface area contributed by atoms with Crippen molar-refractivity contribution in [2.45, 2.75) is 12.5 Å². The minimum atomic E-state index is 0.127. The van der Waals surface area contributed by atoms with Crippen LogP contribution in [0.2, 0.25) is 5.02 Å². The van der Waals surface area contributed by atoms with E-state index in [1.54, 1.807) is 14.2 Å². The fourth-order valence-corrected chi connectivity index (χ4v) is 2.70. The van der Waals surface area contributed by atoms with Crippen LogP contribution in [0.4, 0.5) is 0 Å². The number of rotatable bonds is 10. The van der Waals surface area contributed by atoms with Gasteiger partial charge in [0.15, 0.2) is 0 Å². The second-order valence-electron chi connectivity index (χ2n) is 4.80. The van der Waals surface area contributed by atoms with E-state index in [1.165, 1.54) is 0 Å². The molecule has 0 radical (unpaired) electrons. The topological polar surface area (TPSA) is 47.7 Å². The molecule has 0 aliphatic carbocycles. The first-order valence-electron chi connectivity index (χ1n) is 7.01. The molecule has 1 atom stereocenters. The van der Waals surface area contributed by atoms with Crippen molar-refractivity contribution in [1.82, 2.24) is 4.90 Å².